The van der Waals surface area contributed by atoms with Crippen molar-refractivity contribution in [3.63, 3.8) is 0 Å². The lowest BCUT2D eigenvalue weighted by Gasteiger charge is -2.12. The van der Waals surface area contributed by atoms with Gasteiger partial charge < -0.3 is 5.32 Å². The van der Waals surface area contributed by atoms with Crippen LogP contribution in [0.2, 0.25) is 5.02 Å². The Morgan fingerprint density at radius 3 is 2.68 bits per heavy atom. The first-order valence-electron chi connectivity index (χ1n) is 7.86. The summed E-state index contributed by atoms with van der Waals surface area (Å²) >= 11 is 5.88. The first kappa shape index (κ1) is 17.2. The highest BCUT2D eigenvalue weighted by atomic mass is 35.5. The molecule has 0 aliphatic carbocycles. The molecule has 1 unspecified atom stereocenters. The van der Waals surface area contributed by atoms with Crippen LogP contribution in [-0.4, -0.2) is 15.7 Å². The van der Waals surface area contributed by atoms with E-state index in [2.05, 4.69) is 10.4 Å². The Balaban J connectivity index is 1.63. The highest BCUT2D eigenvalue weighted by Gasteiger charge is 2.18. The summed E-state index contributed by atoms with van der Waals surface area (Å²) in [5.74, 6) is -1.17. The molecular formula is C19H17ClFN3O. The molecule has 0 saturated carbocycles. The maximum atomic E-state index is 13.8. The van der Waals surface area contributed by atoms with Crippen LogP contribution in [0.25, 0.3) is 5.69 Å². The number of hydrogen-bond acceptors (Lipinski definition) is 2. The summed E-state index contributed by atoms with van der Waals surface area (Å²) in [6, 6.07) is 13.6. The van der Waals surface area contributed by atoms with Gasteiger partial charge in [0.15, 0.2) is 0 Å². The van der Waals surface area contributed by atoms with Gasteiger partial charge in [-0.2, -0.15) is 5.10 Å². The van der Waals surface area contributed by atoms with Crippen molar-refractivity contribution in [2.45, 2.75) is 19.4 Å². The number of benzene rings is 2. The van der Waals surface area contributed by atoms with Gasteiger partial charge in [-0.25, -0.2) is 9.07 Å². The molecule has 0 spiro atoms. The number of rotatable bonds is 5. The van der Waals surface area contributed by atoms with Gasteiger partial charge in [-0.05, 0) is 42.8 Å². The molecule has 3 aromatic rings. The molecule has 25 heavy (non-hydrogen) atoms. The predicted molar refractivity (Wildman–Crippen MR) is 95.2 cm³/mol. The molecule has 1 atom stereocenters. The van der Waals surface area contributed by atoms with Crippen molar-refractivity contribution in [1.29, 1.82) is 0 Å². The van der Waals surface area contributed by atoms with Crippen molar-refractivity contribution in [3.05, 3.63) is 82.9 Å². The van der Waals surface area contributed by atoms with Crippen LogP contribution in [0, 0.1) is 5.82 Å². The first-order valence-corrected chi connectivity index (χ1v) is 8.24. The molecule has 0 radical (unpaired) electrons. The molecule has 6 heteroatoms. The zero-order valence-corrected chi connectivity index (χ0v) is 14.4. The number of halogens is 2. The smallest absolute Gasteiger partial charge is 0.227 e. The monoisotopic (exact) mass is 357 g/mol. The standard InChI is InChI=1S/C19H17ClFN3O/c1-13(17-4-2-3-5-18(17)21)19(25)22-10-14-11-23-24(12-14)16-8-6-15(20)7-9-16/h2-9,11-13H,10H2,1H3,(H,22,25). The number of nitrogens with zero attached hydrogens (tertiary/aromatic N) is 2. The summed E-state index contributed by atoms with van der Waals surface area (Å²) in [7, 11) is 0. The highest BCUT2D eigenvalue weighted by Crippen LogP contribution is 2.19. The lowest BCUT2D eigenvalue weighted by atomic mass is 10.00. The van der Waals surface area contributed by atoms with Crippen LogP contribution in [0.4, 0.5) is 4.39 Å². The molecule has 0 aliphatic heterocycles. The number of carbonyl (C=O) groups excluding carboxylic acids is 1. The van der Waals surface area contributed by atoms with E-state index in [1.165, 1.54) is 6.07 Å². The van der Waals surface area contributed by atoms with Crippen LogP contribution < -0.4 is 5.32 Å². The Labute approximate surface area is 150 Å². The van der Waals surface area contributed by atoms with E-state index in [-0.39, 0.29) is 11.7 Å². The van der Waals surface area contributed by atoms with Gasteiger partial charge >= 0.3 is 0 Å². The van der Waals surface area contributed by atoms with Gasteiger partial charge in [0.1, 0.15) is 5.82 Å². The lowest BCUT2D eigenvalue weighted by molar-refractivity contribution is -0.122. The lowest BCUT2D eigenvalue weighted by Crippen LogP contribution is -2.27. The van der Waals surface area contributed by atoms with E-state index >= 15 is 0 Å². The summed E-state index contributed by atoms with van der Waals surface area (Å²) in [6.07, 6.45) is 3.51. The fourth-order valence-electron chi connectivity index (χ4n) is 2.50. The van der Waals surface area contributed by atoms with E-state index in [1.807, 2.05) is 18.3 Å². The van der Waals surface area contributed by atoms with Gasteiger partial charge in [0, 0.05) is 23.3 Å². The fraction of sp³-hybridized carbons (Fsp3) is 0.158. The number of carbonyl (C=O) groups is 1. The van der Waals surface area contributed by atoms with Crippen molar-refractivity contribution in [2.24, 2.45) is 0 Å². The SMILES string of the molecule is CC(C(=O)NCc1cnn(-c2ccc(Cl)cc2)c1)c1ccccc1F. The molecule has 1 heterocycles. The first-order chi connectivity index (χ1) is 12.0. The van der Waals surface area contributed by atoms with Gasteiger partial charge in [-0.15, -0.1) is 0 Å². The quantitative estimate of drug-likeness (QED) is 0.747. The third-order valence-electron chi connectivity index (χ3n) is 3.96. The minimum absolute atomic E-state index is 0.232. The Morgan fingerprint density at radius 1 is 1.24 bits per heavy atom. The largest absolute Gasteiger partial charge is 0.351 e. The van der Waals surface area contributed by atoms with Gasteiger partial charge in [0.25, 0.3) is 0 Å². The zero-order valence-electron chi connectivity index (χ0n) is 13.6. The van der Waals surface area contributed by atoms with E-state index in [4.69, 9.17) is 11.6 Å². The second-order valence-electron chi connectivity index (χ2n) is 5.73. The van der Waals surface area contributed by atoms with Crippen molar-refractivity contribution in [3.8, 4) is 5.69 Å². The van der Waals surface area contributed by atoms with Gasteiger partial charge in [-0.1, -0.05) is 29.8 Å². The molecule has 4 nitrogen and oxygen atoms in total. The van der Waals surface area contributed by atoms with Crippen LogP contribution in [-0.2, 0) is 11.3 Å². The number of hydrogen-bond donors (Lipinski definition) is 1. The molecule has 2 aromatic carbocycles. The van der Waals surface area contributed by atoms with E-state index in [0.717, 1.165) is 11.3 Å². The number of nitrogens with one attached hydrogen (secondary N) is 1. The zero-order chi connectivity index (χ0) is 17.8. The van der Waals surface area contributed by atoms with Crippen LogP contribution in [0.3, 0.4) is 0 Å². The minimum Gasteiger partial charge on any atom is -0.351 e. The summed E-state index contributed by atoms with van der Waals surface area (Å²) in [4.78, 5) is 12.3. The molecule has 0 bridgehead atoms. The second-order valence-corrected chi connectivity index (χ2v) is 6.17. The maximum Gasteiger partial charge on any atom is 0.227 e. The Bertz CT molecular complexity index is 876. The second kappa shape index (κ2) is 7.49. The summed E-state index contributed by atoms with van der Waals surface area (Å²) in [5, 5.41) is 7.75. The predicted octanol–water partition coefficient (Wildman–Crippen LogP) is 4.08. The molecular weight excluding hydrogens is 341 g/mol. The number of amides is 1. The normalized spacial score (nSPS) is 12.0. The average molecular weight is 358 g/mol. The summed E-state index contributed by atoms with van der Waals surface area (Å²) in [5.41, 5.74) is 2.11. The Hall–Kier alpha value is -2.66. The molecule has 0 fully saturated rings. The highest BCUT2D eigenvalue weighted by molar-refractivity contribution is 6.30. The Kier molecular flexibility index (Phi) is 5.14. The molecule has 1 N–H and O–H groups in total. The third kappa shape index (κ3) is 4.06. The molecule has 1 aromatic heterocycles. The van der Waals surface area contributed by atoms with Crippen LogP contribution >= 0.6 is 11.6 Å². The average Bonchev–Trinajstić information content (AvgIpc) is 3.09. The molecule has 128 valence electrons. The topological polar surface area (TPSA) is 46.9 Å². The van der Waals surface area contributed by atoms with Crippen LogP contribution in [0.5, 0.6) is 0 Å². The van der Waals surface area contributed by atoms with E-state index < -0.39 is 5.92 Å². The van der Waals surface area contributed by atoms with Gasteiger partial charge in [0.2, 0.25) is 5.91 Å². The maximum absolute atomic E-state index is 13.8. The van der Waals surface area contributed by atoms with Crippen molar-refractivity contribution in [2.75, 3.05) is 0 Å². The molecule has 1 amide bonds. The van der Waals surface area contributed by atoms with Gasteiger partial charge in [0.05, 0.1) is 17.8 Å². The van der Waals surface area contributed by atoms with Crippen LogP contribution in [0.1, 0.15) is 24.0 Å². The van der Waals surface area contributed by atoms with Crippen LogP contribution in [0.15, 0.2) is 60.9 Å². The van der Waals surface area contributed by atoms with Crippen molar-refractivity contribution < 1.29 is 9.18 Å². The molecule has 0 aliphatic rings. The summed E-state index contributed by atoms with van der Waals surface area (Å²) in [6.45, 7) is 2.01. The van der Waals surface area contributed by atoms with E-state index in [1.54, 1.807) is 48.1 Å². The van der Waals surface area contributed by atoms with Crippen molar-refractivity contribution in [1.82, 2.24) is 15.1 Å². The number of aromatic nitrogens is 2. The van der Waals surface area contributed by atoms with Crippen molar-refractivity contribution >= 4 is 17.5 Å². The fourth-order valence-corrected chi connectivity index (χ4v) is 2.62. The molecule has 3 rings (SSSR count). The summed E-state index contributed by atoms with van der Waals surface area (Å²) < 4.78 is 15.5. The Morgan fingerprint density at radius 2 is 1.96 bits per heavy atom. The minimum atomic E-state index is -0.562. The third-order valence-corrected chi connectivity index (χ3v) is 4.21. The van der Waals surface area contributed by atoms with E-state index in [0.29, 0.717) is 17.1 Å². The van der Waals surface area contributed by atoms with Gasteiger partial charge in [-0.3, -0.25) is 4.79 Å². The molecule has 0 saturated heterocycles. The van der Waals surface area contributed by atoms with E-state index in [9.17, 15) is 9.18 Å².